The molecule has 3 rings (SSSR count). The molecule has 19 heavy (non-hydrogen) atoms. The van der Waals surface area contributed by atoms with Crippen LogP contribution in [0, 0.1) is 5.41 Å². The number of hydrogen-bond donors (Lipinski definition) is 1. The van der Waals surface area contributed by atoms with E-state index in [0.29, 0.717) is 5.92 Å². The monoisotopic (exact) mass is 251 g/mol. The first-order valence-electron chi connectivity index (χ1n) is 7.16. The standard InChI is InChI=1S/C18H21N/c19-14-18(12-7-13-18)17(15-8-3-1-4-9-15)16-10-5-2-6-11-16/h1-6,8-11,17H,7,12-14,19H2. The smallest absolute Gasteiger partial charge is 0.0158 e. The Morgan fingerprint density at radius 1 is 0.842 bits per heavy atom. The summed E-state index contributed by atoms with van der Waals surface area (Å²) < 4.78 is 0. The average molecular weight is 251 g/mol. The third kappa shape index (κ3) is 2.19. The van der Waals surface area contributed by atoms with Crippen LogP contribution in [0.25, 0.3) is 0 Å². The third-order valence-electron chi connectivity index (χ3n) is 4.63. The molecule has 0 heterocycles. The Hall–Kier alpha value is -1.60. The zero-order valence-electron chi connectivity index (χ0n) is 11.3. The highest BCUT2D eigenvalue weighted by molar-refractivity contribution is 5.36. The van der Waals surface area contributed by atoms with Crippen LogP contribution in [0.3, 0.4) is 0 Å². The molecule has 0 atom stereocenters. The van der Waals surface area contributed by atoms with Gasteiger partial charge in [-0.3, -0.25) is 0 Å². The average Bonchev–Trinajstić information content (AvgIpc) is 2.44. The fourth-order valence-electron chi connectivity index (χ4n) is 3.43. The molecule has 1 fully saturated rings. The summed E-state index contributed by atoms with van der Waals surface area (Å²) in [7, 11) is 0. The van der Waals surface area contributed by atoms with Gasteiger partial charge in [0.1, 0.15) is 0 Å². The Bertz CT molecular complexity index is 469. The maximum atomic E-state index is 6.14. The van der Waals surface area contributed by atoms with Crippen molar-refractivity contribution in [1.29, 1.82) is 0 Å². The van der Waals surface area contributed by atoms with Crippen molar-refractivity contribution in [2.45, 2.75) is 25.2 Å². The van der Waals surface area contributed by atoms with Gasteiger partial charge in [0.05, 0.1) is 0 Å². The second-order valence-corrected chi connectivity index (χ2v) is 5.67. The Kier molecular flexibility index (Phi) is 3.39. The van der Waals surface area contributed by atoms with Gasteiger partial charge in [0, 0.05) is 5.92 Å². The first-order valence-corrected chi connectivity index (χ1v) is 7.16. The lowest BCUT2D eigenvalue weighted by Gasteiger charge is -2.48. The van der Waals surface area contributed by atoms with E-state index in [1.165, 1.54) is 30.4 Å². The highest BCUT2D eigenvalue weighted by atomic mass is 14.6. The molecule has 2 aromatic carbocycles. The van der Waals surface area contributed by atoms with Gasteiger partial charge in [0.2, 0.25) is 0 Å². The van der Waals surface area contributed by atoms with E-state index >= 15 is 0 Å². The summed E-state index contributed by atoms with van der Waals surface area (Å²) in [5.74, 6) is 0.439. The Balaban J connectivity index is 2.06. The fourth-order valence-corrected chi connectivity index (χ4v) is 3.43. The molecule has 0 spiro atoms. The molecule has 1 saturated carbocycles. The number of benzene rings is 2. The minimum Gasteiger partial charge on any atom is -0.330 e. The Labute approximate surface area is 115 Å². The van der Waals surface area contributed by atoms with Gasteiger partial charge < -0.3 is 5.73 Å². The normalized spacial score (nSPS) is 17.2. The summed E-state index contributed by atoms with van der Waals surface area (Å²) in [6.07, 6.45) is 3.81. The van der Waals surface area contributed by atoms with Crippen molar-refractivity contribution < 1.29 is 0 Å². The van der Waals surface area contributed by atoms with Crippen molar-refractivity contribution in [2.24, 2.45) is 11.1 Å². The van der Waals surface area contributed by atoms with E-state index in [-0.39, 0.29) is 5.41 Å². The lowest BCUT2D eigenvalue weighted by molar-refractivity contribution is 0.120. The predicted octanol–water partition coefficient (Wildman–Crippen LogP) is 3.95. The van der Waals surface area contributed by atoms with Crippen LogP contribution in [0.15, 0.2) is 60.7 Å². The van der Waals surface area contributed by atoms with Crippen LogP contribution in [0.1, 0.15) is 36.3 Å². The summed E-state index contributed by atoms with van der Waals surface area (Å²) >= 11 is 0. The zero-order chi connectivity index (χ0) is 13.1. The minimum atomic E-state index is 0.267. The third-order valence-corrected chi connectivity index (χ3v) is 4.63. The molecule has 0 radical (unpaired) electrons. The number of hydrogen-bond acceptors (Lipinski definition) is 1. The van der Waals surface area contributed by atoms with Crippen LogP contribution in [0.5, 0.6) is 0 Å². The van der Waals surface area contributed by atoms with E-state index in [1.807, 2.05) is 0 Å². The number of rotatable bonds is 4. The molecule has 2 N–H and O–H groups in total. The molecule has 2 aromatic rings. The maximum Gasteiger partial charge on any atom is 0.0158 e. The molecule has 0 amide bonds. The van der Waals surface area contributed by atoms with Gasteiger partial charge in [-0.2, -0.15) is 0 Å². The first-order chi connectivity index (χ1) is 9.36. The van der Waals surface area contributed by atoms with E-state index in [2.05, 4.69) is 60.7 Å². The number of nitrogens with two attached hydrogens (primary N) is 1. The lowest BCUT2D eigenvalue weighted by atomic mass is 9.57. The van der Waals surface area contributed by atoms with Crippen LogP contribution >= 0.6 is 0 Å². The summed E-state index contributed by atoms with van der Waals surface area (Å²) in [5, 5.41) is 0. The zero-order valence-corrected chi connectivity index (χ0v) is 11.3. The molecule has 0 saturated heterocycles. The molecule has 0 unspecified atom stereocenters. The van der Waals surface area contributed by atoms with Gasteiger partial charge in [0.25, 0.3) is 0 Å². The Morgan fingerprint density at radius 2 is 1.32 bits per heavy atom. The van der Waals surface area contributed by atoms with Gasteiger partial charge in [0.15, 0.2) is 0 Å². The predicted molar refractivity (Wildman–Crippen MR) is 80.1 cm³/mol. The van der Waals surface area contributed by atoms with Crippen molar-refractivity contribution in [3.8, 4) is 0 Å². The van der Waals surface area contributed by atoms with Crippen LogP contribution in [0.4, 0.5) is 0 Å². The quantitative estimate of drug-likeness (QED) is 0.875. The van der Waals surface area contributed by atoms with Gasteiger partial charge >= 0.3 is 0 Å². The second kappa shape index (κ2) is 5.18. The van der Waals surface area contributed by atoms with Crippen molar-refractivity contribution >= 4 is 0 Å². The molecular weight excluding hydrogens is 230 g/mol. The molecule has 1 nitrogen and oxygen atoms in total. The Morgan fingerprint density at radius 3 is 1.63 bits per heavy atom. The molecule has 0 aromatic heterocycles. The van der Waals surface area contributed by atoms with Gasteiger partial charge in [-0.05, 0) is 35.9 Å². The van der Waals surface area contributed by atoms with Gasteiger partial charge in [-0.25, -0.2) is 0 Å². The summed E-state index contributed by atoms with van der Waals surface area (Å²) in [6, 6.07) is 21.7. The highest BCUT2D eigenvalue weighted by Crippen LogP contribution is 2.53. The van der Waals surface area contributed by atoms with Gasteiger partial charge in [-0.1, -0.05) is 67.1 Å². The largest absolute Gasteiger partial charge is 0.330 e. The van der Waals surface area contributed by atoms with Crippen LogP contribution < -0.4 is 5.73 Å². The van der Waals surface area contributed by atoms with Gasteiger partial charge in [-0.15, -0.1) is 0 Å². The van der Waals surface area contributed by atoms with Crippen LogP contribution in [0.2, 0.25) is 0 Å². The molecular formula is C18H21N. The summed E-state index contributed by atoms with van der Waals surface area (Å²) in [4.78, 5) is 0. The van der Waals surface area contributed by atoms with E-state index in [9.17, 15) is 0 Å². The maximum absolute atomic E-state index is 6.14. The van der Waals surface area contributed by atoms with Crippen molar-refractivity contribution in [3.05, 3.63) is 71.8 Å². The molecule has 1 aliphatic carbocycles. The van der Waals surface area contributed by atoms with Crippen molar-refractivity contribution in [3.63, 3.8) is 0 Å². The highest BCUT2D eigenvalue weighted by Gasteiger charge is 2.44. The van der Waals surface area contributed by atoms with E-state index in [1.54, 1.807) is 0 Å². The lowest BCUT2D eigenvalue weighted by Crippen LogP contribution is -2.43. The molecule has 0 bridgehead atoms. The first kappa shape index (κ1) is 12.4. The van der Waals surface area contributed by atoms with E-state index in [4.69, 9.17) is 5.73 Å². The summed E-state index contributed by atoms with van der Waals surface area (Å²) in [6.45, 7) is 0.779. The van der Waals surface area contributed by atoms with Crippen molar-refractivity contribution in [1.82, 2.24) is 0 Å². The van der Waals surface area contributed by atoms with Crippen molar-refractivity contribution in [2.75, 3.05) is 6.54 Å². The second-order valence-electron chi connectivity index (χ2n) is 5.67. The minimum absolute atomic E-state index is 0.267. The molecule has 0 aliphatic heterocycles. The summed E-state index contributed by atoms with van der Waals surface area (Å²) in [5.41, 5.74) is 9.21. The van der Waals surface area contributed by atoms with E-state index < -0.39 is 0 Å². The topological polar surface area (TPSA) is 26.0 Å². The van der Waals surface area contributed by atoms with Crippen LogP contribution in [-0.2, 0) is 0 Å². The molecule has 98 valence electrons. The molecule has 1 aliphatic rings. The molecule has 1 heteroatoms. The van der Waals surface area contributed by atoms with E-state index in [0.717, 1.165) is 6.54 Å². The van der Waals surface area contributed by atoms with Crippen LogP contribution in [-0.4, -0.2) is 6.54 Å². The fraction of sp³-hybridized carbons (Fsp3) is 0.333. The SMILES string of the molecule is NCC1(C(c2ccccc2)c2ccccc2)CCC1.